The molecule has 0 radical (unpaired) electrons. The van der Waals surface area contributed by atoms with Gasteiger partial charge in [0.15, 0.2) is 17.5 Å². The minimum absolute atomic E-state index is 0.604. The molecular weight excluding hydrogens is 574 g/mol. The maximum absolute atomic E-state index is 6.48. The molecule has 4 heteroatoms. The zero-order valence-electron chi connectivity index (χ0n) is 25.3. The summed E-state index contributed by atoms with van der Waals surface area (Å²) in [6.45, 7) is 0. The Morgan fingerprint density at radius 1 is 0.319 bits per heavy atom. The SMILES string of the molecule is c1ccc(-c2nc(-c3ccccc3)nc(-c3ccc4c(c3)oc3cc(-c5ccc(-c6cccc7ccccc67)cc5)ccc34)n2)cc1. The minimum Gasteiger partial charge on any atom is -0.456 e. The predicted molar refractivity (Wildman–Crippen MR) is 192 cm³/mol. The molecule has 47 heavy (non-hydrogen) atoms. The van der Waals surface area contributed by atoms with Crippen molar-refractivity contribution in [1.29, 1.82) is 0 Å². The van der Waals surface area contributed by atoms with Crippen LogP contribution >= 0.6 is 0 Å². The fraction of sp³-hybridized carbons (Fsp3) is 0. The van der Waals surface area contributed by atoms with Crippen molar-refractivity contribution in [1.82, 2.24) is 15.0 Å². The third kappa shape index (κ3) is 4.93. The van der Waals surface area contributed by atoms with E-state index in [4.69, 9.17) is 19.4 Å². The molecule has 0 saturated carbocycles. The fourth-order valence-corrected chi connectivity index (χ4v) is 6.35. The van der Waals surface area contributed by atoms with Gasteiger partial charge in [-0.05, 0) is 57.3 Å². The quantitative estimate of drug-likeness (QED) is 0.197. The summed E-state index contributed by atoms with van der Waals surface area (Å²) in [5, 5.41) is 4.64. The van der Waals surface area contributed by atoms with Crippen LogP contribution in [-0.2, 0) is 0 Å². The van der Waals surface area contributed by atoms with E-state index in [1.54, 1.807) is 0 Å². The van der Waals surface area contributed by atoms with Crippen molar-refractivity contribution in [3.05, 3.63) is 164 Å². The molecule has 9 rings (SSSR count). The van der Waals surface area contributed by atoms with Gasteiger partial charge in [-0.1, -0.05) is 140 Å². The molecule has 0 N–H and O–H groups in total. The summed E-state index contributed by atoms with van der Waals surface area (Å²) in [7, 11) is 0. The van der Waals surface area contributed by atoms with Gasteiger partial charge in [0.2, 0.25) is 0 Å². The molecule has 0 bridgehead atoms. The molecule has 0 aliphatic heterocycles. The largest absolute Gasteiger partial charge is 0.456 e. The molecule has 7 aromatic carbocycles. The van der Waals surface area contributed by atoms with E-state index in [9.17, 15) is 0 Å². The lowest BCUT2D eigenvalue weighted by molar-refractivity contribution is 0.669. The number of benzene rings is 7. The minimum atomic E-state index is 0.604. The molecule has 220 valence electrons. The molecule has 9 aromatic rings. The first-order valence-corrected chi connectivity index (χ1v) is 15.7. The van der Waals surface area contributed by atoms with Crippen LogP contribution in [0.4, 0.5) is 0 Å². The summed E-state index contributed by atoms with van der Waals surface area (Å²) in [6, 6.07) is 56.5. The van der Waals surface area contributed by atoms with Crippen molar-refractivity contribution in [2.45, 2.75) is 0 Å². The molecule has 4 nitrogen and oxygen atoms in total. The van der Waals surface area contributed by atoms with Crippen LogP contribution in [0.15, 0.2) is 168 Å². The topological polar surface area (TPSA) is 51.8 Å². The van der Waals surface area contributed by atoms with E-state index in [-0.39, 0.29) is 0 Å². The first-order valence-electron chi connectivity index (χ1n) is 15.7. The van der Waals surface area contributed by atoms with Crippen molar-refractivity contribution in [3.8, 4) is 56.4 Å². The highest BCUT2D eigenvalue weighted by molar-refractivity contribution is 6.07. The molecule has 0 unspecified atom stereocenters. The van der Waals surface area contributed by atoms with Gasteiger partial charge in [-0.2, -0.15) is 0 Å². The van der Waals surface area contributed by atoms with Crippen LogP contribution in [0.2, 0.25) is 0 Å². The van der Waals surface area contributed by atoms with Gasteiger partial charge in [-0.3, -0.25) is 0 Å². The van der Waals surface area contributed by atoms with Crippen molar-refractivity contribution in [3.63, 3.8) is 0 Å². The maximum Gasteiger partial charge on any atom is 0.164 e. The van der Waals surface area contributed by atoms with E-state index in [0.29, 0.717) is 17.5 Å². The Labute approximate surface area is 271 Å². The van der Waals surface area contributed by atoms with Gasteiger partial charge in [0.25, 0.3) is 0 Å². The Kier molecular flexibility index (Phi) is 6.43. The van der Waals surface area contributed by atoms with Crippen LogP contribution in [0.25, 0.3) is 89.1 Å². The van der Waals surface area contributed by atoms with Crippen molar-refractivity contribution in [2.24, 2.45) is 0 Å². The van der Waals surface area contributed by atoms with Gasteiger partial charge in [0.1, 0.15) is 11.2 Å². The second-order valence-electron chi connectivity index (χ2n) is 11.7. The molecule has 0 fully saturated rings. The molecule has 0 saturated heterocycles. The van der Waals surface area contributed by atoms with Crippen LogP contribution in [-0.4, -0.2) is 15.0 Å². The second-order valence-corrected chi connectivity index (χ2v) is 11.7. The highest BCUT2D eigenvalue weighted by Crippen LogP contribution is 2.36. The number of nitrogens with zero attached hydrogens (tertiary/aromatic N) is 3. The molecule has 0 aliphatic carbocycles. The predicted octanol–water partition coefficient (Wildman–Crippen LogP) is 11.3. The summed E-state index contributed by atoms with van der Waals surface area (Å²) in [5.41, 5.74) is 9.09. The third-order valence-electron chi connectivity index (χ3n) is 8.75. The summed E-state index contributed by atoms with van der Waals surface area (Å²) < 4.78 is 6.48. The van der Waals surface area contributed by atoms with E-state index in [1.807, 2.05) is 66.7 Å². The smallest absolute Gasteiger partial charge is 0.164 e. The van der Waals surface area contributed by atoms with E-state index < -0.39 is 0 Å². The zero-order chi connectivity index (χ0) is 31.2. The third-order valence-corrected chi connectivity index (χ3v) is 8.75. The molecule has 0 aliphatic rings. The van der Waals surface area contributed by atoms with E-state index >= 15 is 0 Å². The number of furan rings is 1. The molecule has 2 heterocycles. The Hall–Kier alpha value is -6.39. The standard InChI is InChI=1S/C43H27N3O/c1-3-11-31(12-4-1)41-44-42(32-13-5-2-6-14-32)46-43(45-41)34-23-25-38-37-24-22-33(26-39(37)47-40(38)27-34)28-18-20-30(21-19-28)36-17-9-15-29-10-7-8-16-35(29)36/h1-27H. The van der Waals surface area contributed by atoms with Crippen LogP contribution in [0.5, 0.6) is 0 Å². The Bertz CT molecular complexity index is 2490. The van der Waals surface area contributed by atoms with Gasteiger partial charge < -0.3 is 4.42 Å². The molecular formula is C43H27N3O. The highest BCUT2D eigenvalue weighted by Gasteiger charge is 2.15. The lowest BCUT2D eigenvalue weighted by Crippen LogP contribution is -2.00. The van der Waals surface area contributed by atoms with E-state index in [0.717, 1.165) is 49.8 Å². The number of rotatable bonds is 5. The molecule has 0 atom stereocenters. The first kappa shape index (κ1) is 27.0. The van der Waals surface area contributed by atoms with Crippen LogP contribution in [0.1, 0.15) is 0 Å². The Morgan fingerprint density at radius 3 is 1.47 bits per heavy atom. The zero-order valence-corrected chi connectivity index (χ0v) is 25.3. The summed E-state index contributed by atoms with van der Waals surface area (Å²) in [6.07, 6.45) is 0. The fourth-order valence-electron chi connectivity index (χ4n) is 6.35. The lowest BCUT2D eigenvalue weighted by Gasteiger charge is -2.08. The number of aromatic nitrogens is 3. The monoisotopic (exact) mass is 601 g/mol. The van der Waals surface area contributed by atoms with Gasteiger partial charge >= 0.3 is 0 Å². The number of hydrogen-bond donors (Lipinski definition) is 0. The first-order chi connectivity index (χ1) is 23.3. The number of hydrogen-bond acceptors (Lipinski definition) is 4. The lowest BCUT2D eigenvalue weighted by atomic mass is 9.96. The average Bonchev–Trinajstić information content (AvgIpc) is 3.52. The van der Waals surface area contributed by atoms with Gasteiger partial charge in [0.05, 0.1) is 0 Å². The van der Waals surface area contributed by atoms with E-state index in [2.05, 4.69) is 97.1 Å². The van der Waals surface area contributed by atoms with Crippen LogP contribution < -0.4 is 0 Å². The van der Waals surface area contributed by atoms with Crippen molar-refractivity contribution < 1.29 is 4.42 Å². The van der Waals surface area contributed by atoms with Gasteiger partial charge in [-0.15, -0.1) is 0 Å². The van der Waals surface area contributed by atoms with Crippen molar-refractivity contribution >= 4 is 32.7 Å². The summed E-state index contributed by atoms with van der Waals surface area (Å²) >= 11 is 0. The summed E-state index contributed by atoms with van der Waals surface area (Å²) in [4.78, 5) is 14.6. The molecule has 2 aromatic heterocycles. The Morgan fingerprint density at radius 2 is 0.809 bits per heavy atom. The molecule has 0 amide bonds. The normalized spacial score (nSPS) is 11.4. The maximum atomic E-state index is 6.48. The molecule has 0 spiro atoms. The highest BCUT2D eigenvalue weighted by atomic mass is 16.3. The average molecular weight is 602 g/mol. The number of fused-ring (bicyclic) bond motifs is 4. The summed E-state index contributed by atoms with van der Waals surface area (Å²) in [5.74, 6) is 1.87. The van der Waals surface area contributed by atoms with Gasteiger partial charge in [-0.25, -0.2) is 15.0 Å². The van der Waals surface area contributed by atoms with E-state index in [1.165, 1.54) is 21.9 Å². The van der Waals surface area contributed by atoms with Crippen LogP contribution in [0, 0.1) is 0 Å². The second kappa shape index (κ2) is 11.2. The van der Waals surface area contributed by atoms with Crippen molar-refractivity contribution in [2.75, 3.05) is 0 Å². The van der Waals surface area contributed by atoms with Gasteiger partial charge in [0, 0.05) is 27.5 Å². The Balaban J connectivity index is 1.09. The van der Waals surface area contributed by atoms with Crippen LogP contribution in [0.3, 0.4) is 0 Å².